The molecule has 0 bridgehead atoms. The van der Waals surface area contributed by atoms with E-state index in [4.69, 9.17) is 4.74 Å². The molecule has 104 valence electrons. The van der Waals surface area contributed by atoms with Crippen LogP contribution in [-0.4, -0.2) is 17.4 Å². The summed E-state index contributed by atoms with van der Waals surface area (Å²) in [5.41, 5.74) is 1.28. The predicted molar refractivity (Wildman–Crippen MR) is 82.8 cm³/mol. The molecule has 0 spiro atoms. The summed E-state index contributed by atoms with van der Waals surface area (Å²) in [6.45, 7) is 2.50. The summed E-state index contributed by atoms with van der Waals surface area (Å²) in [5, 5.41) is 1.88. The van der Waals surface area contributed by atoms with Crippen molar-refractivity contribution in [3.8, 4) is 5.75 Å². The fourth-order valence-electron chi connectivity index (χ4n) is 2.36. The minimum Gasteiger partial charge on any atom is -0.494 e. The van der Waals surface area contributed by atoms with Crippen LogP contribution in [0.5, 0.6) is 5.75 Å². The van der Waals surface area contributed by atoms with Crippen molar-refractivity contribution >= 4 is 16.6 Å². The van der Waals surface area contributed by atoms with Crippen molar-refractivity contribution in [3.05, 3.63) is 72.1 Å². The lowest BCUT2D eigenvalue weighted by Gasteiger charge is -2.07. The Morgan fingerprint density at radius 1 is 1.14 bits per heavy atom. The Kier molecular flexibility index (Phi) is 3.65. The number of pyridine rings is 1. The lowest BCUT2D eigenvalue weighted by atomic mass is 9.98. The first kappa shape index (κ1) is 13.3. The second kappa shape index (κ2) is 5.75. The molecule has 0 N–H and O–H groups in total. The third-order valence-electron chi connectivity index (χ3n) is 3.34. The van der Waals surface area contributed by atoms with E-state index in [1.807, 2.05) is 43.3 Å². The van der Waals surface area contributed by atoms with Crippen LogP contribution in [0.4, 0.5) is 0 Å². The normalized spacial score (nSPS) is 10.5. The molecule has 1 aromatic heterocycles. The number of aromatic nitrogens is 1. The molecule has 21 heavy (non-hydrogen) atoms. The maximum atomic E-state index is 12.7. The van der Waals surface area contributed by atoms with Gasteiger partial charge in [0.05, 0.1) is 6.61 Å². The second-order valence-electron chi connectivity index (χ2n) is 4.69. The number of fused-ring (bicyclic) bond motifs is 1. The van der Waals surface area contributed by atoms with E-state index in [1.165, 1.54) is 0 Å². The SMILES string of the molecule is CCOc1cccc(C(=O)c2cccc3ccncc23)c1. The van der Waals surface area contributed by atoms with Gasteiger partial charge < -0.3 is 4.74 Å². The van der Waals surface area contributed by atoms with E-state index in [1.54, 1.807) is 24.5 Å². The summed E-state index contributed by atoms with van der Waals surface area (Å²) in [5.74, 6) is 0.692. The summed E-state index contributed by atoms with van der Waals surface area (Å²) >= 11 is 0. The zero-order valence-electron chi connectivity index (χ0n) is 11.7. The first-order valence-corrected chi connectivity index (χ1v) is 6.90. The van der Waals surface area contributed by atoms with E-state index in [9.17, 15) is 4.79 Å². The lowest BCUT2D eigenvalue weighted by Crippen LogP contribution is -2.03. The number of nitrogens with zero attached hydrogens (tertiary/aromatic N) is 1. The van der Waals surface area contributed by atoms with Gasteiger partial charge in [-0.1, -0.05) is 30.3 Å². The topological polar surface area (TPSA) is 39.2 Å². The van der Waals surface area contributed by atoms with Crippen LogP contribution in [0.2, 0.25) is 0 Å². The highest BCUT2D eigenvalue weighted by molar-refractivity contribution is 6.16. The summed E-state index contributed by atoms with van der Waals surface area (Å²) in [6, 6.07) is 14.9. The number of hydrogen-bond donors (Lipinski definition) is 0. The average Bonchev–Trinajstić information content (AvgIpc) is 2.54. The molecule has 0 unspecified atom stereocenters. The smallest absolute Gasteiger partial charge is 0.193 e. The van der Waals surface area contributed by atoms with Crippen molar-refractivity contribution in [2.75, 3.05) is 6.61 Å². The van der Waals surface area contributed by atoms with Gasteiger partial charge in [0.2, 0.25) is 0 Å². The third-order valence-corrected chi connectivity index (χ3v) is 3.34. The molecule has 2 aromatic carbocycles. The standard InChI is InChI=1S/C18H15NO2/c1-2-21-15-7-3-6-14(11-15)18(20)16-8-4-5-13-9-10-19-12-17(13)16/h3-12H,2H2,1H3. The molecule has 3 rings (SSSR count). The Bertz CT molecular complexity index is 791. The van der Waals surface area contributed by atoms with E-state index >= 15 is 0 Å². The number of ether oxygens (including phenoxy) is 1. The van der Waals surface area contributed by atoms with Crippen LogP contribution in [0, 0.1) is 0 Å². The van der Waals surface area contributed by atoms with Crippen LogP contribution in [0.15, 0.2) is 60.9 Å². The highest BCUT2D eigenvalue weighted by atomic mass is 16.5. The Morgan fingerprint density at radius 3 is 2.86 bits per heavy atom. The largest absolute Gasteiger partial charge is 0.494 e. The lowest BCUT2D eigenvalue weighted by molar-refractivity contribution is 0.104. The minimum atomic E-state index is -0.0184. The molecular formula is C18H15NO2. The highest BCUT2D eigenvalue weighted by Gasteiger charge is 2.13. The zero-order valence-corrected chi connectivity index (χ0v) is 11.7. The Balaban J connectivity index is 2.06. The third kappa shape index (κ3) is 2.63. The van der Waals surface area contributed by atoms with Gasteiger partial charge in [0, 0.05) is 28.9 Å². The van der Waals surface area contributed by atoms with Crippen LogP contribution in [-0.2, 0) is 0 Å². The minimum absolute atomic E-state index is 0.0184. The predicted octanol–water partition coefficient (Wildman–Crippen LogP) is 3.86. The van der Waals surface area contributed by atoms with E-state index in [0.717, 1.165) is 10.8 Å². The Morgan fingerprint density at radius 2 is 2.00 bits per heavy atom. The van der Waals surface area contributed by atoms with Gasteiger partial charge in [0.15, 0.2) is 5.78 Å². The molecule has 0 aliphatic rings. The fourth-order valence-corrected chi connectivity index (χ4v) is 2.36. The molecule has 0 aliphatic carbocycles. The first-order valence-electron chi connectivity index (χ1n) is 6.90. The van der Waals surface area contributed by atoms with E-state index in [2.05, 4.69) is 4.98 Å². The summed E-state index contributed by atoms with van der Waals surface area (Å²) in [7, 11) is 0. The van der Waals surface area contributed by atoms with Gasteiger partial charge in [-0.3, -0.25) is 9.78 Å². The van der Waals surface area contributed by atoms with E-state index in [0.29, 0.717) is 23.5 Å². The second-order valence-corrected chi connectivity index (χ2v) is 4.69. The molecule has 3 aromatic rings. The maximum Gasteiger partial charge on any atom is 0.193 e. The molecule has 0 saturated heterocycles. The van der Waals surface area contributed by atoms with Crippen molar-refractivity contribution < 1.29 is 9.53 Å². The van der Waals surface area contributed by atoms with Gasteiger partial charge in [-0.05, 0) is 30.5 Å². The van der Waals surface area contributed by atoms with Crippen molar-refractivity contribution in [2.24, 2.45) is 0 Å². The summed E-state index contributed by atoms with van der Waals surface area (Å²) in [4.78, 5) is 16.9. The van der Waals surface area contributed by atoms with Crippen LogP contribution >= 0.6 is 0 Å². The molecule has 3 nitrogen and oxygen atoms in total. The zero-order chi connectivity index (χ0) is 14.7. The summed E-state index contributed by atoms with van der Waals surface area (Å²) < 4.78 is 5.46. The van der Waals surface area contributed by atoms with Gasteiger partial charge in [0.25, 0.3) is 0 Å². The molecule has 0 aliphatic heterocycles. The molecule has 0 radical (unpaired) electrons. The van der Waals surface area contributed by atoms with Gasteiger partial charge in [-0.15, -0.1) is 0 Å². The average molecular weight is 277 g/mol. The molecule has 0 saturated carbocycles. The summed E-state index contributed by atoms with van der Waals surface area (Å²) in [6.07, 6.45) is 3.46. The van der Waals surface area contributed by atoms with E-state index in [-0.39, 0.29) is 5.78 Å². The van der Waals surface area contributed by atoms with E-state index < -0.39 is 0 Å². The monoisotopic (exact) mass is 277 g/mol. The number of hydrogen-bond acceptors (Lipinski definition) is 3. The first-order chi connectivity index (χ1) is 10.3. The van der Waals surface area contributed by atoms with Crippen LogP contribution < -0.4 is 4.74 Å². The number of carbonyl (C=O) groups excluding carboxylic acids is 1. The molecule has 0 amide bonds. The van der Waals surface area contributed by atoms with Crippen LogP contribution in [0.3, 0.4) is 0 Å². The molecule has 0 fully saturated rings. The van der Waals surface area contributed by atoms with Crippen LogP contribution in [0.1, 0.15) is 22.8 Å². The molecule has 1 heterocycles. The van der Waals surface area contributed by atoms with Crippen molar-refractivity contribution in [1.82, 2.24) is 4.98 Å². The van der Waals surface area contributed by atoms with Crippen molar-refractivity contribution in [3.63, 3.8) is 0 Å². The van der Waals surface area contributed by atoms with Crippen molar-refractivity contribution in [1.29, 1.82) is 0 Å². The Labute approximate surface area is 123 Å². The number of benzene rings is 2. The fraction of sp³-hybridized carbons (Fsp3) is 0.111. The van der Waals surface area contributed by atoms with Crippen LogP contribution in [0.25, 0.3) is 10.8 Å². The van der Waals surface area contributed by atoms with Gasteiger partial charge in [0.1, 0.15) is 5.75 Å². The number of rotatable bonds is 4. The quantitative estimate of drug-likeness (QED) is 0.680. The molecule has 3 heteroatoms. The Hall–Kier alpha value is -2.68. The number of ketones is 1. The van der Waals surface area contributed by atoms with Gasteiger partial charge in [-0.25, -0.2) is 0 Å². The molecular weight excluding hydrogens is 262 g/mol. The van der Waals surface area contributed by atoms with Gasteiger partial charge >= 0.3 is 0 Å². The van der Waals surface area contributed by atoms with Crippen molar-refractivity contribution in [2.45, 2.75) is 6.92 Å². The van der Waals surface area contributed by atoms with Gasteiger partial charge in [-0.2, -0.15) is 0 Å². The molecule has 0 atom stereocenters. The maximum absolute atomic E-state index is 12.7. The number of carbonyl (C=O) groups is 1. The highest BCUT2D eigenvalue weighted by Crippen LogP contribution is 2.22.